The summed E-state index contributed by atoms with van der Waals surface area (Å²) in [7, 11) is 0. The standard InChI is InChI=1S/C35H49FO4/c1-4-6-8-9-10-26(3)39-34(37)31-22-20-30(21-23-31)29-18-14-27(15-19-29)12-13-28-16-24-32(25-17-28)40-35(38)33(36)11-7-5-2/h14-15,18-23,26,28,32-33H,4-13,16-17,24-25H2,1-3H3/t26-,28?,32?,33+/m1/s1. The number of hydrogen-bond donors (Lipinski definition) is 0. The molecule has 220 valence electrons. The second-order valence-electron chi connectivity index (χ2n) is 11.6. The fraction of sp³-hybridized carbons (Fsp3) is 0.600. The van der Waals surface area contributed by atoms with Gasteiger partial charge in [0.1, 0.15) is 6.10 Å². The quantitative estimate of drug-likeness (QED) is 0.154. The second-order valence-corrected chi connectivity index (χ2v) is 11.6. The summed E-state index contributed by atoms with van der Waals surface area (Å²) in [5, 5.41) is 0. The Morgan fingerprint density at radius 1 is 0.825 bits per heavy atom. The highest BCUT2D eigenvalue weighted by molar-refractivity contribution is 5.90. The Kier molecular flexibility index (Phi) is 13.7. The molecule has 0 saturated heterocycles. The van der Waals surface area contributed by atoms with Crippen LogP contribution >= 0.6 is 0 Å². The molecule has 0 N–H and O–H groups in total. The molecule has 0 aromatic heterocycles. The maximum absolute atomic E-state index is 13.9. The molecular formula is C35H49FO4. The van der Waals surface area contributed by atoms with Gasteiger partial charge in [-0.15, -0.1) is 0 Å². The molecular weight excluding hydrogens is 503 g/mol. The van der Waals surface area contributed by atoms with Gasteiger partial charge in [0, 0.05) is 0 Å². The molecule has 1 aliphatic carbocycles. The second kappa shape index (κ2) is 17.2. The highest BCUT2D eigenvalue weighted by Crippen LogP contribution is 2.30. The van der Waals surface area contributed by atoms with E-state index in [1.54, 1.807) is 0 Å². The minimum absolute atomic E-state index is 0.0615. The van der Waals surface area contributed by atoms with E-state index in [1.807, 2.05) is 38.1 Å². The average molecular weight is 553 g/mol. The van der Waals surface area contributed by atoms with E-state index in [9.17, 15) is 14.0 Å². The van der Waals surface area contributed by atoms with Crippen LogP contribution in [-0.2, 0) is 20.7 Å². The van der Waals surface area contributed by atoms with Crippen LogP contribution in [0, 0.1) is 5.92 Å². The van der Waals surface area contributed by atoms with Crippen LogP contribution in [0.1, 0.15) is 120 Å². The topological polar surface area (TPSA) is 52.6 Å². The van der Waals surface area contributed by atoms with Gasteiger partial charge >= 0.3 is 11.9 Å². The van der Waals surface area contributed by atoms with Crippen molar-refractivity contribution < 1.29 is 23.5 Å². The summed E-state index contributed by atoms with van der Waals surface area (Å²) >= 11 is 0. The molecule has 2 aromatic rings. The van der Waals surface area contributed by atoms with Gasteiger partial charge in [0.15, 0.2) is 6.17 Å². The van der Waals surface area contributed by atoms with Crippen LogP contribution in [0.3, 0.4) is 0 Å². The highest BCUT2D eigenvalue weighted by atomic mass is 19.1. The molecule has 3 rings (SSSR count). The predicted octanol–water partition coefficient (Wildman–Crippen LogP) is 9.43. The number of alkyl halides is 1. The number of ether oxygens (including phenoxy) is 2. The predicted molar refractivity (Wildman–Crippen MR) is 160 cm³/mol. The zero-order valence-corrected chi connectivity index (χ0v) is 24.8. The van der Waals surface area contributed by atoms with Gasteiger partial charge in [0.2, 0.25) is 0 Å². The SMILES string of the molecule is CCCCCC[C@@H](C)OC(=O)c1ccc(-c2ccc(CCC3CCC(OC(=O)[C@@H](F)CCCC)CC3)cc2)cc1. The third-order valence-electron chi connectivity index (χ3n) is 8.17. The Bertz CT molecular complexity index is 1010. The lowest BCUT2D eigenvalue weighted by atomic mass is 9.83. The Hall–Kier alpha value is -2.69. The first-order valence-corrected chi connectivity index (χ1v) is 15.6. The van der Waals surface area contributed by atoms with Crippen molar-refractivity contribution in [2.24, 2.45) is 5.92 Å². The first-order valence-electron chi connectivity index (χ1n) is 15.6. The van der Waals surface area contributed by atoms with Gasteiger partial charge in [-0.3, -0.25) is 0 Å². The molecule has 2 aromatic carbocycles. The van der Waals surface area contributed by atoms with E-state index >= 15 is 0 Å². The third kappa shape index (κ3) is 10.7. The molecule has 0 amide bonds. The van der Waals surface area contributed by atoms with Crippen LogP contribution in [0.5, 0.6) is 0 Å². The smallest absolute Gasteiger partial charge is 0.340 e. The molecule has 0 bridgehead atoms. The minimum atomic E-state index is -1.48. The first-order chi connectivity index (χ1) is 19.4. The van der Waals surface area contributed by atoms with E-state index in [2.05, 4.69) is 31.2 Å². The van der Waals surface area contributed by atoms with Crippen molar-refractivity contribution in [3.8, 4) is 11.1 Å². The van der Waals surface area contributed by atoms with Crippen LogP contribution in [0.25, 0.3) is 11.1 Å². The van der Waals surface area contributed by atoms with Gasteiger partial charge in [-0.2, -0.15) is 0 Å². The highest BCUT2D eigenvalue weighted by Gasteiger charge is 2.27. The number of rotatable bonds is 16. The maximum Gasteiger partial charge on any atom is 0.340 e. The summed E-state index contributed by atoms with van der Waals surface area (Å²) in [5.74, 6) is -0.313. The molecule has 1 aliphatic rings. The normalized spacial score (nSPS) is 18.6. The van der Waals surface area contributed by atoms with Crippen LogP contribution in [-0.4, -0.2) is 30.3 Å². The number of unbranched alkanes of at least 4 members (excludes halogenated alkanes) is 4. The van der Waals surface area contributed by atoms with Crippen molar-refractivity contribution in [1.82, 2.24) is 0 Å². The summed E-state index contributed by atoms with van der Waals surface area (Å²) in [5.41, 5.74) is 4.10. The number of carbonyl (C=O) groups is 2. The van der Waals surface area contributed by atoms with Crippen LogP contribution in [0.2, 0.25) is 0 Å². The summed E-state index contributed by atoms with van der Waals surface area (Å²) in [6.45, 7) is 6.16. The molecule has 1 fully saturated rings. The summed E-state index contributed by atoms with van der Waals surface area (Å²) in [4.78, 5) is 24.5. The van der Waals surface area contributed by atoms with Crippen LogP contribution in [0.15, 0.2) is 48.5 Å². The van der Waals surface area contributed by atoms with Crippen molar-refractivity contribution in [2.75, 3.05) is 0 Å². The van der Waals surface area contributed by atoms with Crippen molar-refractivity contribution in [2.45, 2.75) is 129 Å². The van der Waals surface area contributed by atoms with E-state index in [4.69, 9.17) is 9.47 Å². The minimum Gasteiger partial charge on any atom is -0.460 e. The van der Waals surface area contributed by atoms with Gasteiger partial charge in [-0.1, -0.05) is 82.3 Å². The Labute approximate surface area is 241 Å². The van der Waals surface area contributed by atoms with E-state index in [0.29, 0.717) is 17.9 Å². The average Bonchev–Trinajstić information content (AvgIpc) is 2.98. The van der Waals surface area contributed by atoms with Crippen LogP contribution < -0.4 is 0 Å². The molecule has 0 unspecified atom stereocenters. The molecule has 1 saturated carbocycles. The number of aryl methyl sites for hydroxylation is 1. The monoisotopic (exact) mass is 552 g/mol. The van der Waals surface area contributed by atoms with E-state index < -0.39 is 12.1 Å². The summed E-state index contributed by atoms with van der Waals surface area (Å²) < 4.78 is 25.0. The van der Waals surface area contributed by atoms with Crippen LogP contribution in [0.4, 0.5) is 4.39 Å². The van der Waals surface area contributed by atoms with Gasteiger partial charge in [0.05, 0.1) is 11.7 Å². The number of hydrogen-bond acceptors (Lipinski definition) is 4. The largest absolute Gasteiger partial charge is 0.460 e. The van der Waals surface area contributed by atoms with Gasteiger partial charge in [0.25, 0.3) is 0 Å². The van der Waals surface area contributed by atoms with Gasteiger partial charge in [-0.25, -0.2) is 14.0 Å². The fourth-order valence-corrected chi connectivity index (χ4v) is 5.48. The number of carbonyl (C=O) groups excluding carboxylic acids is 2. The van der Waals surface area contributed by atoms with Crippen molar-refractivity contribution in [3.63, 3.8) is 0 Å². The van der Waals surface area contributed by atoms with E-state index in [-0.39, 0.29) is 24.6 Å². The van der Waals surface area contributed by atoms with Crippen molar-refractivity contribution in [3.05, 3.63) is 59.7 Å². The molecule has 0 aliphatic heterocycles. The maximum atomic E-state index is 13.9. The fourth-order valence-electron chi connectivity index (χ4n) is 5.48. The van der Waals surface area contributed by atoms with Crippen molar-refractivity contribution >= 4 is 11.9 Å². The van der Waals surface area contributed by atoms with Gasteiger partial charge < -0.3 is 9.47 Å². The number of halogens is 1. The lowest BCUT2D eigenvalue weighted by molar-refractivity contribution is -0.157. The summed E-state index contributed by atoms with van der Waals surface area (Å²) in [6, 6.07) is 16.3. The molecule has 0 heterocycles. The Morgan fingerprint density at radius 3 is 2.08 bits per heavy atom. The molecule has 4 nitrogen and oxygen atoms in total. The molecule has 40 heavy (non-hydrogen) atoms. The summed E-state index contributed by atoms with van der Waals surface area (Å²) in [6.07, 6.45) is 11.6. The zero-order chi connectivity index (χ0) is 28.7. The zero-order valence-electron chi connectivity index (χ0n) is 24.8. The van der Waals surface area contributed by atoms with Gasteiger partial charge in [-0.05, 0) is 99.5 Å². The molecule has 0 spiro atoms. The van der Waals surface area contributed by atoms with E-state index in [1.165, 1.54) is 24.8 Å². The lowest BCUT2D eigenvalue weighted by Gasteiger charge is -2.28. The van der Waals surface area contributed by atoms with Crippen molar-refractivity contribution in [1.29, 1.82) is 0 Å². The van der Waals surface area contributed by atoms with E-state index in [0.717, 1.165) is 68.9 Å². The Morgan fingerprint density at radius 2 is 1.45 bits per heavy atom. The Balaban J connectivity index is 1.39. The third-order valence-corrected chi connectivity index (χ3v) is 8.17. The number of benzene rings is 2. The number of esters is 2. The molecule has 0 radical (unpaired) electrons. The molecule has 5 heteroatoms. The lowest BCUT2D eigenvalue weighted by Crippen LogP contribution is -2.29. The molecule has 2 atom stereocenters. The first kappa shape index (κ1) is 31.8.